The smallest absolute Gasteiger partial charge is 0.327 e. The number of thiol groups is 2. The number of carbonyl (C=O) groups excluding carboxylic acids is 12. The number of aliphatic hydroxyl groups is 3. The van der Waals surface area contributed by atoms with E-state index in [1.165, 1.54) is 0 Å². The van der Waals surface area contributed by atoms with Gasteiger partial charge in [0.1, 0.15) is 60.4 Å². The molecule has 25 N–H and O–H groups in total. The Hall–Kier alpha value is -8.14. The molecule has 0 aromatic carbocycles. The maximum absolute atomic E-state index is 14.3. The van der Waals surface area contributed by atoms with Crippen molar-refractivity contribution in [3.8, 4) is 0 Å². The molecule has 0 radical (unpaired) electrons. The lowest BCUT2D eigenvalue weighted by Gasteiger charge is -2.29. The van der Waals surface area contributed by atoms with E-state index in [-0.39, 0.29) is 55.6 Å². The number of hydrogen-bond acceptors (Lipinski definition) is 22. The predicted octanol–water partition coefficient (Wildman–Crippen LogP) is -9.66. The molecule has 89 heavy (non-hydrogen) atoms. The fourth-order valence-electron chi connectivity index (χ4n) is 7.72. The Morgan fingerprint density at radius 1 is 0.461 bits per heavy atom. The maximum Gasteiger partial charge on any atom is 0.327 e. The highest BCUT2D eigenvalue weighted by Gasteiger charge is 2.38. The molecule has 0 aliphatic carbocycles. The number of nitrogens with one attached hydrogen (secondary N) is 11. The molecule has 0 saturated heterocycles. The molecule has 13 atom stereocenters. The molecule has 0 fully saturated rings. The summed E-state index contributed by atoms with van der Waals surface area (Å²) in [6.07, 6.45) is -7.63. The number of rotatable bonds is 43. The van der Waals surface area contributed by atoms with Crippen LogP contribution in [0.25, 0.3) is 0 Å². The van der Waals surface area contributed by atoms with Crippen molar-refractivity contribution in [1.29, 1.82) is 0 Å². The standard InChI is InChI=1S/C50H86N16O21S2/c1-20(2)12-27(60-41(78)25(8-7-11-55-50(53)54)59-47(84)37(22(5)68)66-48(85)38(23(6)69)65-39(76)24(51)18-88)43(80)61-28(13-21(3)4)44(81)62-29(14-33(52)70)45(82)58-26(9-10-35(72)73)42(79)63-30(15-36(74)75)40(77)56-16-34(71)57-31(17-67)46(83)64-32(19-89)49(86)87/h20-32,37-38,67-69,88-89H,7-19,51H2,1-6H3,(H2,52,70)(H,56,77)(H,57,71)(H,58,82)(H,59,84)(H,60,78)(H,61,80)(H,62,81)(H,63,79)(H,64,83)(H,65,76)(H,66,85)(H,72,73)(H,74,75)(H,86,87)(H4,53,54,55)/t22-,23-,24+,25+,26+,27+,28+,29+,30+,31+,32+,37+,38+/m1/s1. The number of guanidine groups is 1. The largest absolute Gasteiger partial charge is 0.481 e. The lowest BCUT2D eigenvalue weighted by molar-refractivity contribution is -0.142. The van der Waals surface area contributed by atoms with Crippen molar-refractivity contribution >= 4 is 120 Å². The summed E-state index contributed by atoms with van der Waals surface area (Å²) < 4.78 is 0. The van der Waals surface area contributed by atoms with Crippen LogP contribution in [-0.2, 0) is 71.9 Å². The highest BCUT2D eigenvalue weighted by atomic mass is 32.1. The monoisotopic (exact) mass is 1310 g/mol. The topological polar surface area (TPSA) is 626 Å². The van der Waals surface area contributed by atoms with Crippen LogP contribution < -0.4 is 81.4 Å². The molecule has 0 aliphatic rings. The Morgan fingerprint density at radius 2 is 0.865 bits per heavy atom. The van der Waals surface area contributed by atoms with Crippen LogP contribution in [0.2, 0.25) is 0 Å². The average Bonchev–Trinajstić information content (AvgIpc) is 1.55. The first-order valence-electron chi connectivity index (χ1n) is 27.6. The van der Waals surface area contributed by atoms with Crippen molar-refractivity contribution in [1.82, 2.24) is 58.5 Å². The van der Waals surface area contributed by atoms with Crippen LogP contribution in [0.4, 0.5) is 0 Å². The van der Waals surface area contributed by atoms with Crippen LogP contribution in [-0.4, -0.2) is 235 Å². The quantitative estimate of drug-likeness (QED) is 0.0117. The number of carbonyl (C=O) groups is 15. The van der Waals surface area contributed by atoms with Gasteiger partial charge in [-0.2, -0.15) is 25.3 Å². The van der Waals surface area contributed by atoms with Crippen molar-refractivity contribution < 1.29 is 103 Å². The first-order valence-corrected chi connectivity index (χ1v) is 28.9. The van der Waals surface area contributed by atoms with Crippen LogP contribution in [0.1, 0.15) is 92.9 Å². The van der Waals surface area contributed by atoms with Gasteiger partial charge in [0, 0.05) is 24.5 Å². The van der Waals surface area contributed by atoms with E-state index in [2.05, 4.69) is 67.5 Å². The van der Waals surface area contributed by atoms with Gasteiger partial charge in [-0.15, -0.1) is 0 Å². The third kappa shape index (κ3) is 32.1. The number of aliphatic imine (C=N–C) groups is 1. The zero-order valence-corrected chi connectivity index (χ0v) is 51.6. The van der Waals surface area contributed by atoms with E-state index in [1.54, 1.807) is 27.7 Å². The second-order valence-corrected chi connectivity index (χ2v) is 21.9. The number of primary amides is 1. The first kappa shape index (κ1) is 80.9. The highest BCUT2D eigenvalue weighted by molar-refractivity contribution is 7.80. The molecule has 0 aromatic rings. The summed E-state index contributed by atoms with van der Waals surface area (Å²) in [7, 11) is 0. The number of hydrogen-bond donors (Lipinski definition) is 23. The van der Waals surface area contributed by atoms with Gasteiger partial charge in [-0.3, -0.25) is 72.1 Å². The summed E-state index contributed by atoms with van der Waals surface area (Å²) in [5.41, 5.74) is 22.0. The number of aliphatic hydroxyl groups excluding tert-OH is 3. The van der Waals surface area contributed by atoms with Crippen molar-refractivity contribution in [3.63, 3.8) is 0 Å². The number of nitrogens with two attached hydrogens (primary N) is 4. The molecular weight excluding hydrogens is 1220 g/mol. The Labute approximate surface area is 521 Å². The molecule has 0 aromatic heterocycles. The van der Waals surface area contributed by atoms with E-state index in [1.807, 2.05) is 21.3 Å². The van der Waals surface area contributed by atoms with Gasteiger partial charge in [0.15, 0.2) is 5.96 Å². The summed E-state index contributed by atoms with van der Waals surface area (Å²) in [6, 6.07) is -18.7. The molecule has 0 spiro atoms. The fraction of sp³-hybridized carbons (Fsp3) is 0.680. The van der Waals surface area contributed by atoms with Crippen LogP contribution >= 0.6 is 25.3 Å². The molecule has 0 aliphatic heterocycles. The molecule has 12 amide bonds. The number of carboxylic acids is 3. The molecule has 39 heteroatoms. The minimum absolute atomic E-state index is 0.00740. The minimum Gasteiger partial charge on any atom is -0.481 e. The Morgan fingerprint density at radius 3 is 1.28 bits per heavy atom. The van der Waals surface area contributed by atoms with Crippen molar-refractivity contribution in [3.05, 3.63) is 0 Å². The number of amides is 12. The summed E-state index contributed by atoms with van der Waals surface area (Å²) >= 11 is 7.73. The van der Waals surface area contributed by atoms with E-state index < -0.39 is 212 Å². The molecule has 0 unspecified atom stereocenters. The Kier molecular flexibility index (Phi) is 37.4. The zero-order chi connectivity index (χ0) is 68.6. The van der Waals surface area contributed by atoms with Gasteiger partial charge in [-0.25, -0.2) is 4.79 Å². The van der Waals surface area contributed by atoms with E-state index in [0.717, 1.165) is 13.8 Å². The molecular formula is C50H86N16O21S2. The third-order valence-corrected chi connectivity index (χ3v) is 13.1. The van der Waals surface area contributed by atoms with Gasteiger partial charge in [-0.05, 0) is 57.8 Å². The van der Waals surface area contributed by atoms with E-state index in [4.69, 9.17) is 28.0 Å². The number of carboxylic acid groups (broad SMARTS) is 3. The van der Waals surface area contributed by atoms with Gasteiger partial charge in [0.05, 0.1) is 44.2 Å². The van der Waals surface area contributed by atoms with Crippen LogP contribution in [0, 0.1) is 11.8 Å². The van der Waals surface area contributed by atoms with Gasteiger partial charge in [0.2, 0.25) is 70.9 Å². The summed E-state index contributed by atoms with van der Waals surface area (Å²) in [5, 5.41) is 83.2. The first-order chi connectivity index (χ1) is 41.4. The summed E-state index contributed by atoms with van der Waals surface area (Å²) in [4.78, 5) is 199. The fourth-order valence-corrected chi connectivity index (χ4v) is 8.13. The minimum atomic E-state index is -2.07. The molecule has 0 rings (SSSR count). The molecule has 0 saturated carbocycles. The molecule has 0 bridgehead atoms. The van der Waals surface area contributed by atoms with Gasteiger partial charge in [-0.1, -0.05) is 27.7 Å². The molecule has 0 heterocycles. The lowest BCUT2D eigenvalue weighted by atomic mass is 9.99. The van der Waals surface area contributed by atoms with Crippen molar-refractivity contribution in [2.45, 2.75) is 172 Å². The predicted molar refractivity (Wildman–Crippen MR) is 318 cm³/mol. The second kappa shape index (κ2) is 41.1. The summed E-state index contributed by atoms with van der Waals surface area (Å²) in [5.74, 6) is -20.4. The molecule has 504 valence electrons. The molecule has 37 nitrogen and oxygen atoms in total. The van der Waals surface area contributed by atoms with Gasteiger partial charge < -0.3 is 112 Å². The van der Waals surface area contributed by atoms with Crippen LogP contribution in [0.15, 0.2) is 4.99 Å². The summed E-state index contributed by atoms with van der Waals surface area (Å²) in [6.45, 7) is 6.68. The Bertz CT molecular complexity index is 2520. The van der Waals surface area contributed by atoms with Crippen molar-refractivity contribution in [2.75, 3.05) is 31.2 Å². The van der Waals surface area contributed by atoms with Gasteiger partial charge >= 0.3 is 17.9 Å². The van der Waals surface area contributed by atoms with E-state index in [9.17, 15) is 97.5 Å². The van der Waals surface area contributed by atoms with Gasteiger partial charge in [0.25, 0.3) is 0 Å². The van der Waals surface area contributed by atoms with E-state index in [0.29, 0.717) is 0 Å². The lowest BCUT2D eigenvalue weighted by Crippen LogP contribution is -2.63. The maximum atomic E-state index is 14.3. The van der Waals surface area contributed by atoms with E-state index >= 15 is 0 Å². The third-order valence-electron chi connectivity index (χ3n) is 12.3. The Balaban J connectivity index is 6.88. The SMILES string of the molecule is CC(C)C[C@H](NC(=O)[C@H](CC(C)C)NC(=O)[C@H](CCCN=C(N)N)NC(=O)[C@@H](NC(=O)[C@@H](NC(=O)[C@@H](N)CS)[C@@H](C)O)[C@@H](C)O)C(=O)N[C@@H](CC(N)=O)C(=O)N[C@@H](CCC(=O)O)C(=O)N[C@@H](CC(=O)O)C(=O)NCC(=O)N[C@@H](CO)C(=O)N[C@@H](CS)C(=O)O. The average molecular weight is 1310 g/mol. The van der Waals surface area contributed by atoms with Crippen molar-refractivity contribution in [2.24, 2.45) is 39.8 Å². The van der Waals surface area contributed by atoms with Crippen LogP contribution in [0.3, 0.4) is 0 Å². The zero-order valence-electron chi connectivity index (χ0n) is 49.8. The normalized spacial score (nSPS) is 15.4. The highest BCUT2D eigenvalue weighted by Crippen LogP contribution is 2.13. The second-order valence-electron chi connectivity index (χ2n) is 21.1. The number of aliphatic carboxylic acids is 3. The van der Waals surface area contributed by atoms with Crippen LogP contribution in [0.5, 0.6) is 0 Å². The number of nitrogens with zero attached hydrogens (tertiary/aromatic N) is 1.